The third-order valence-electron chi connectivity index (χ3n) is 5.74. The number of para-hydroxylation sites is 3. The third kappa shape index (κ3) is 4.52. The van der Waals surface area contributed by atoms with Crippen LogP contribution in [0.4, 0.5) is 0 Å². The molecule has 164 valence electrons. The standard InChI is InChI=1S/C27H29N3O2/c1-18-12-13-22(21(4)16-18)27(31)28-17-25-29-23-10-5-6-11-24(23)30(25)14-15-32-26-19(2)8-7-9-20(26)3/h5-13,16H,14-15,17H2,1-4H3,(H,28,31). The first-order valence-corrected chi connectivity index (χ1v) is 10.9. The molecule has 0 spiro atoms. The van der Waals surface area contributed by atoms with Crippen LogP contribution in [0.25, 0.3) is 11.0 Å². The summed E-state index contributed by atoms with van der Waals surface area (Å²) in [5, 5.41) is 3.04. The van der Waals surface area contributed by atoms with Gasteiger partial charge < -0.3 is 14.6 Å². The number of imidazole rings is 1. The largest absolute Gasteiger partial charge is 0.491 e. The Morgan fingerprint density at radius 1 is 0.938 bits per heavy atom. The lowest BCUT2D eigenvalue weighted by Crippen LogP contribution is -2.26. The van der Waals surface area contributed by atoms with Crippen LogP contribution in [-0.2, 0) is 13.1 Å². The van der Waals surface area contributed by atoms with Crippen molar-refractivity contribution in [1.82, 2.24) is 14.9 Å². The summed E-state index contributed by atoms with van der Waals surface area (Å²) in [6.07, 6.45) is 0. The number of nitrogens with one attached hydrogen (secondary N) is 1. The molecule has 0 aliphatic rings. The molecule has 4 aromatic rings. The molecule has 5 heteroatoms. The molecule has 5 nitrogen and oxygen atoms in total. The highest BCUT2D eigenvalue weighted by molar-refractivity contribution is 5.95. The van der Waals surface area contributed by atoms with Crippen molar-refractivity contribution in [3.8, 4) is 5.75 Å². The fourth-order valence-electron chi connectivity index (χ4n) is 4.10. The Morgan fingerprint density at radius 2 is 1.69 bits per heavy atom. The van der Waals surface area contributed by atoms with Gasteiger partial charge in [-0.05, 0) is 62.6 Å². The number of benzene rings is 3. The lowest BCUT2D eigenvalue weighted by atomic mass is 10.1. The van der Waals surface area contributed by atoms with Crippen molar-refractivity contribution in [2.45, 2.75) is 40.8 Å². The van der Waals surface area contributed by atoms with Crippen LogP contribution in [0.3, 0.4) is 0 Å². The number of nitrogens with zero attached hydrogens (tertiary/aromatic N) is 2. The molecule has 0 unspecified atom stereocenters. The van der Waals surface area contributed by atoms with E-state index in [1.807, 2.05) is 56.3 Å². The normalized spacial score (nSPS) is 11.0. The summed E-state index contributed by atoms with van der Waals surface area (Å²) in [7, 11) is 0. The van der Waals surface area contributed by atoms with Gasteiger partial charge in [-0.1, -0.05) is 48.0 Å². The van der Waals surface area contributed by atoms with Crippen molar-refractivity contribution in [3.05, 3.63) is 94.3 Å². The van der Waals surface area contributed by atoms with Gasteiger partial charge in [-0.3, -0.25) is 4.79 Å². The molecule has 0 radical (unpaired) electrons. The Bertz CT molecular complexity index is 1250. The summed E-state index contributed by atoms with van der Waals surface area (Å²) in [5.41, 5.74) is 7.01. The van der Waals surface area contributed by atoms with Crippen LogP contribution in [0, 0.1) is 27.7 Å². The first-order chi connectivity index (χ1) is 15.4. The number of rotatable bonds is 7. The SMILES string of the molecule is Cc1ccc(C(=O)NCc2nc3ccccc3n2CCOc2c(C)cccc2C)c(C)c1. The number of hydrogen-bond donors (Lipinski definition) is 1. The van der Waals surface area contributed by atoms with E-state index in [9.17, 15) is 4.79 Å². The van der Waals surface area contributed by atoms with E-state index >= 15 is 0 Å². The van der Waals surface area contributed by atoms with Crippen LogP contribution < -0.4 is 10.1 Å². The zero-order chi connectivity index (χ0) is 22.7. The predicted octanol–water partition coefficient (Wildman–Crippen LogP) is 5.28. The molecule has 1 heterocycles. The molecule has 32 heavy (non-hydrogen) atoms. The maximum Gasteiger partial charge on any atom is 0.251 e. The van der Waals surface area contributed by atoms with Gasteiger partial charge in [-0.2, -0.15) is 0 Å². The number of carbonyl (C=O) groups excluding carboxylic acids is 1. The Hall–Kier alpha value is -3.60. The van der Waals surface area contributed by atoms with Gasteiger partial charge in [0.2, 0.25) is 0 Å². The van der Waals surface area contributed by atoms with E-state index in [4.69, 9.17) is 9.72 Å². The number of fused-ring (bicyclic) bond motifs is 1. The van der Waals surface area contributed by atoms with Gasteiger partial charge in [0, 0.05) is 5.56 Å². The molecule has 0 saturated heterocycles. The van der Waals surface area contributed by atoms with E-state index in [2.05, 4.69) is 41.9 Å². The minimum Gasteiger partial charge on any atom is -0.491 e. The van der Waals surface area contributed by atoms with E-state index in [0.717, 1.165) is 44.9 Å². The summed E-state index contributed by atoms with van der Waals surface area (Å²) < 4.78 is 8.26. The Balaban J connectivity index is 1.52. The van der Waals surface area contributed by atoms with Crippen molar-refractivity contribution in [2.75, 3.05) is 6.61 Å². The minimum absolute atomic E-state index is 0.0899. The highest BCUT2D eigenvalue weighted by Gasteiger charge is 2.14. The Kier molecular flexibility index (Phi) is 6.26. The van der Waals surface area contributed by atoms with E-state index in [1.54, 1.807) is 0 Å². The number of aromatic nitrogens is 2. The second kappa shape index (κ2) is 9.27. The van der Waals surface area contributed by atoms with Crippen molar-refractivity contribution in [1.29, 1.82) is 0 Å². The number of hydrogen-bond acceptors (Lipinski definition) is 3. The van der Waals surface area contributed by atoms with Crippen molar-refractivity contribution >= 4 is 16.9 Å². The van der Waals surface area contributed by atoms with E-state index in [1.165, 1.54) is 0 Å². The molecule has 0 saturated carbocycles. The predicted molar refractivity (Wildman–Crippen MR) is 128 cm³/mol. The topological polar surface area (TPSA) is 56.2 Å². The summed E-state index contributed by atoms with van der Waals surface area (Å²) in [4.78, 5) is 17.5. The fraction of sp³-hybridized carbons (Fsp3) is 0.259. The molecule has 1 N–H and O–H groups in total. The minimum atomic E-state index is -0.0899. The quantitative estimate of drug-likeness (QED) is 0.437. The van der Waals surface area contributed by atoms with Crippen LogP contribution in [0.5, 0.6) is 5.75 Å². The monoisotopic (exact) mass is 427 g/mol. The van der Waals surface area contributed by atoms with Gasteiger partial charge in [-0.15, -0.1) is 0 Å². The maximum absolute atomic E-state index is 12.8. The highest BCUT2D eigenvalue weighted by atomic mass is 16.5. The van der Waals surface area contributed by atoms with Gasteiger partial charge in [0.25, 0.3) is 5.91 Å². The lowest BCUT2D eigenvalue weighted by Gasteiger charge is -2.14. The Morgan fingerprint density at radius 3 is 2.44 bits per heavy atom. The highest BCUT2D eigenvalue weighted by Crippen LogP contribution is 2.23. The van der Waals surface area contributed by atoms with E-state index in [0.29, 0.717) is 25.3 Å². The molecule has 4 rings (SSSR count). The molecule has 0 aliphatic carbocycles. The zero-order valence-electron chi connectivity index (χ0n) is 19.1. The Labute approximate surface area is 189 Å². The summed E-state index contributed by atoms with van der Waals surface area (Å²) in [6, 6.07) is 20.0. The third-order valence-corrected chi connectivity index (χ3v) is 5.74. The summed E-state index contributed by atoms with van der Waals surface area (Å²) in [6.45, 7) is 9.61. The van der Waals surface area contributed by atoms with E-state index < -0.39 is 0 Å². The molecular formula is C27H29N3O2. The van der Waals surface area contributed by atoms with E-state index in [-0.39, 0.29) is 5.91 Å². The molecule has 3 aromatic carbocycles. The second-order valence-electron chi connectivity index (χ2n) is 8.24. The average molecular weight is 428 g/mol. The van der Waals surface area contributed by atoms with Crippen molar-refractivity contribution in [2.24, 2.45) is 0 Å². The second-order valence-corrected chi connectivity index (χ2v) is 8.24. The zero-order valence-corrected chi connectivity index (χ0v) is 19.1. The molecule has 1 aromatic heterocycles. The smallest absolute Gasteiger partial charge is 0.251 e. The molecule has 1 amide bonds. The molecular weight excluding hydrogens is 398 g/mol. The molecule has 0 aliphatic heterocycles. The summed E-state index contributed by atoms with van der Waals surface area (Å²) in [5.74, 6) is 1.66. The van der Waals surface area contributed by atoms with Crippen LogP contribution in [0.2, 0.25) is 0 Å². The maximum atomic E-state index is 12.8. The number of carbonyl (C=O) groups is 1. The van der Waals surface area contributed by atoms with Gasteiger partial charge in [-0.25, -0.2) is 4.98 Å². The van der Waals surface area contributed by atoms with Crippen LogP contribution in [-0.4, -0.2) is 22.1 Å². The summed E-state index contributed by atoms with van der Waals surface area (Å²) >= 11 is 0. The molecule has 0 fully saturated rings. The first kappa shape index (κ1) is 21.6. The van der Waals surface area contributed by atoms with Gasteiger partial charge in [0.1, 0.15) is 18.2 Å². The number of amides is 1. The lowest BCUT2D eigenvalue weighted by molar-refractivity contribution is 0.0949. The van der Waals surface area contributed by atoms with Gasteiger partial charge >= 0.3 is 0 Å². The molecule has 0 bridgehead atoms. The van der Waals surface area contributed by atoms with Gasteiger partial charge in [0.15, 0.2) is 0 Å². The average Bonchev–Trinajstić information content (AvgIpc) is 3.11. The number of aryl methyl sites for hydroxylation is 4. The first-order valence-electron chi connectivity index (χ1n) is 10.9. The van der Waals surface area contributed by atoms with Gasteiger partial charge in [0.05, 0.1) is 24.1 Å². The van der Waals surface area contributed by atoms with Crippen LogP contribution >= 0.6 is 0 Å². The number of ether oxygens (including phenoxy) is 1. The fourth-order valence-corrected chi connectivity index (χ4v) is 4.10. The molecule has 0 atom stereocenters. The van der Waals surface area contributed by atoms with Crippen LogP contribution in [0.1, 0.15) is 38.4 Å². The van der Waals surface area contributed by atoms with Crippen molar-refractivity contribution in [3.63, 3.8) is 0 Å². The van der Waals surface area contributed by atoms with Crippen molar-refractivity contribution < 1.29 is 9.53 Å². The van der Waals surface area contributed by atoms with Crippen LogP contribution in [0.15, 0.2) is 60.7 Å².